The van der Waals surface area contributed by atoms with Gasteiger partial charge >= 0.3 is 5.69 Å². The zero-order valence-electron chi connectivity index (χ0n) is 10.6. The van der Waals surface area contributed by atoms with E-state index in [0.29, 0.717) is 0 Å². The molecule has 18 heavy (non-hydrogen) atoms. The molecule has 0 saturated carbocycles. The molecule has 0 aliphatic rings. The number of ether oxygens (including phenoxy) is 1. The Balaban J connectivity index is 3.01. The monoisotopic (exact) mass is 271 g/mol. The van der Waals surface area contributed by atoms with Crippen molar-refractivity contribution in [1.29, 1.82) is 0 Å². The lowest BCUT2D eigenvalue weighted by Crippen LogP contribution is -2.08. The van der Waals surface area contributed by atoms with Gasteiger partial charge in [-0.25, -0.2) is 0 Å². The Morgan fingerprint density at radius 3 is 2.61 bits per heavy atom. The van der Waals surface area contributed by atoms with E-state index in [1.165, 1.54) is 17.8 Å². The number of rotatable bonds is 6. The van der Waals surface area contributed by atoms with Crippen molar-refractivity contribution in [3.05, 3.63) is 28.3 Å². The Hall–Kier alpha value is -1.27. The summed E-state index contributed by atoms with van der Waals surface area (Å²) in [5.74, 6) is 0.269. The Labute approximate surface area is 110 Å². The van der Waals surface area contributed by atoms with Crippen LogP contribution in [0.2, 0.25) is 0 Å². The molecule has 0 radical (unpaired) electrons. The summed E-state index contributed by atoms with van der Waals surface area (Å²) in [6, 6.07) is 4.75. The number of nitro benzene ring substituents is 1. The van der Waals surface area contributed by atoms with Crippen LogP contribution in [-0.4, -0.2) is 28.0 Å². The van der Waals surface area contributed by atoms with Gasteiger partial charge in [0.1, 0.15) is 0 Å². The summed E-state index contributed by atoms with van der Waals surface area (Å²) in [4.78, 5) is 11.3. The third-order valence-corrected chi connectivity index (χ3v) is 3.16. The largest absolute Gasteiger partial charge is 0.484 e. The minimum atomic E-state index is -0.457. The van der Waals surface area contributed by atoms with Gasteiger partial charge < -0.3 is 9.84 Å². The van der Waals surface area contributed by atoms with E-state index in [-0.39, 0.29) is 29.4 Å². The highest BCUT2D eigenvalue weighted by Gasteiger charge is 2.17. The highest BCUT2D eigenvalue weighted by molar-refractivity contribution is 8.00. The molecule has 1 rings (SSSR count). The minimum absolute atomic E-state index is 0.0373. The van der Waals surface area contributed by atoms with Gasteiger partial charge in [-0.1, -0.05) is 6.92 Å². The topological polar surface area (TPSA) is 72.6 Å². The van der Waals surface area contributed by atoms with Gasteiger partial charge in [-0.05, 0) is 19.9 Å². The first-order valence-corrected chi connectivity index (χ1v) is 6.54. The highest BCUT2D eigenvalue weighted by atomic mass is 32.2. The molecule has 1 N–H and O–H groups in total. The SMILES string of the molecule is CC(C)Oc1cc(SC(C)CO)ccc1[N+](=O)[O-]. The van der Waals surface area contributed by atoms with Gasteiger partial charge in [-0.3, -0.25) is 10.1 Å². The van der Waals surface area contributed by atoms with E-state index in [0.717, 1.165) is 4.90 Å². The van der Waals surface area contributed by atoms with Gasteiger partial charge in [0.2, 0.25) is 0 Å². The van der Waals surface area contributed by atoms with Crippen LogP contribution in [0.1, 0.15) is 20.8 Å². The third kappa shape index (κ3) is 4.19. The molecule has 0 saturated heterocycles. The maximum atomic E-state index is 10.9. The van der Waals surface area contributed by atoms with E-state index in [9.17, 15) is 10.1 Å². The van der Waals surface area contributed by atoms with E-state index in [1.54, 1.807) is 12.1 Å². The van der Waals surface area contributed by atoms with Crippen LogP contribution in [-0.2, 0) is 0 Å². The Bertz CT molecular complexity index is 423. The van der Waals surface area contributed by atoms with Crippen molar-refractivity contribution in [2.24, 2.45) is 0 Å². The maximum absolute atomic E-state index is 10.9. The van der Waals surface area contributed by atoms with Gasteiger partial charge in [-0.15, -0.1) is 11.8 Å². The summed E-state index contributed by atoms with van der Waals surface area (Å²) in [6.45, 7) is 5.58. The van der Waals surface area contributed by atoms with E-state index >= 15 is 0 Å². The number of nitrogens with zero attached hydrogens (tertiary/aromatic N) is 1. The number of aliphatic hydroxyl groups excluding tert-OH is 1. The van der Waals surface area contributed by atoms with Crippen LogP contribution < -0.4 is 4.74 Å². The summed E-state index contributed by atoms with van der Waals surface area (Å²) in [5.41, 5.74) is -0.0373. The van der Waals surface area contributed by atoms with Crippen LogP contribution in [0, 0.1) is 10.1 Å². The lowest BCUT2D eigenvalue weighted by atomic mass is 10.3. The molecule has 0 fully saturated rings. The van der Waals surface area contributed by atoms with Crippen LogP contribution in [0.5, 0.6) is 5.75 Å². The van der Waals surface area contributed by atoms with Gasteiger partial charge in [0.05, 0.1) is 17.6 Å². The molecule has 1 aromatic rings. The van der Waals surface area contributed by atoms with Gasteiger partial charge in [0.15, 0.2) is 5.75 Å². The Kier molecular flexibility index (Phi) is 5.43. The zero-order chi connectivity index (χ0) is 13.7. The number of benzene rings is 1. The normalized spacial score (nSPS) is 12.5. The molecule has 0 aliphatic carbocycles. The van der Waals surface area contributed by atoms with E-state index in [1.807, 2.05) is 20.8 Å². The number of thioether (sulfide) groups is 1. The smallest absolute Gasteiger partial charge is 0.311 e. The first kappa shape index (κ1) is 14.8. The van der Waals surface area contributed by atoms with E-state index in [2.05, 4.69) is 0 Å². The Morgan fingerprint density at radius 2 is 2.11 bits per heavy atom. The van der Waals surface area contributed by atoms with Crippen LogP contribution in [0.15, 0.2) is 23.1 Å². The second-order valence-corrected chi connectivity index (χ2v) is 5.68. The molecule has 100 valence electrons. The summed E-state index contributed by atoms with van der Waals surface area (Å²) < 4.78 is 5.45. The second-order valence-electron chi connectivity index (χ2n) is 4.16. The number of hydrogen-bond donors (Lipinski definition) is 1. The molecule has 0 aliphatic heterocycles. The molecular weight excluding hydrogens is 254 g/mol. The van der Waals surface area contributed by atoms with Crippen molar-refractivity contribution in [3.8, 4) is 5.75 Å². The molecule has 6 heteroatoms. The summed E-state index contributed by atoms with van der Waals surface area (Å²) in [7, 11) is 0. The molecule has 1 atom stereocenters. The molecule has 0 heterocycles. The van der Waals surface area contributed by atoms with E-state index < -0.39 is 4.92 Å². The quantitative estimate of drug-likeness (QED) is 0.489. The molecule has 1 unspecified atom stereocenters. The summed E-state index contributed by atoms with van der Waals surface area (Å²) >= 11 is 1.45. The molecule has 1 aromatic carbocycles. The predicted molar refractivity (Wildman–Crippen MR) is 71.3 cm³/mol. The third-order valence-electron chi connectivity index (χ3n) is 2.09. The van der Waals surface area contributed by atoms with Crippen molar-refractivity contribution >= 4 is 17.4 Å². The van der Waals surface area contributed by atoms with Gasteiger partial charge in [-0.2, -0.15) is 0 Å². The van der Waals surface area contributed by atoms with Gasteiger partial charge in [0.25, 0.3) is 0 Å². The average molecular weight is 271 g/mol. The van der Waals surface area contributed by atoms with E-state index in [4.69, 9.17) is 9.84 Å². The number of aliphatic hydroxyl groups is 1. The predicted octanol–water partition coefficient (Wildman–Crippen LogP) is 2.85. The summed E-state index contributed by atoms with van der Waals surface area (Å²) in [6.07, 6.45) is -0.126. The first-order valence-electron chi connectivity index (χ1n) is 5.66. The fraction of sp³-hybridized carbons (Fsp3) is 0.500. The fourth-order valence-corrected chi connectivity index (χ4v) is 2.20. The lowest BCUT2D eigenvalue weighted by molar-refractivity contribution is -0.386. The number of hydrogen-bond acceptors (Lipinski definition) is 5. The Morgan fingerprint density at radius 1 is 1.44 bits per heavy atom. The first-order chi connectivity index (χ1) is 8.43. The van der Waals surface area contributed by atoms with Crippen molar-refractivity contribution in [1.82, 2.24) is 0 Å². The molecule has 0 spiro atoms. The molecule has 0 aromatic heterocycles. The summed E-state index contributed by atoms with van der Waals surface area (Å²) in [5, 5.41) is 19.9. The van der Waals surface area contributed by atoms with Crippen LogP contribution in [0.25, 0.3) is 0 Å². The van der Waals surface area contributed by atoms with Gasteiger partial charge in [0, 0.05) is 22.3 Å². The van der Waals surface area contributed by atoms with Crippen molar-refractivity contribution in [2.75, 3.05) is 6.61 Å². The van der Waals surface area contributed by atoms with Crippen molar-refractivity contribution in [3.63, 3.8) is 0 Å². The highest BCUT2D eigenvalue weighted by Crippen LogP contribution is 2.34. The fourth-order valence-electron chi connectivity index (χ4n) is 1.34. The zero-order valence-corrected chi connectivity index (χ0v) is 11.4. The standard InChI is InChI=1S/C12H17NO4S/c1-8(2)17-12-6-10(18-9(3)7-14)4-5-11(12)13(15)16/h4-6,8-9,14H,7H2,1-3H3. The lowest BCUT2D eigenvalue weighted by Gasteiger charge is -2.12. The molecule has 5 nitrogen and oxygen atoms in total. The number of nitro groups is 1. The molecule has 0 amide bonds. The molecule has 0 bridgehead atoms. The average Bonchev–Trinajstić information content (AvgIpc) is 2.27. The molecular formula is C12H17NO4S. The maximum Gasteiger partial charge on any atom is 0.311 e. The van der Waals surface area contributed by atoms with Crippen molar-refractivity contribution < 1.29 is 14.8 Å². The van der Waals surface area contributed by atoms with Crippen molar-refractivity contribution in [2.45, 2.75) is 37.0 Å². The van der Waals surface area contributed by atoms with Crippen LogP contribution in [0.3, 0.4) is 0 Å². The second kappa shape index (κ2) is 6.61. The van der Waals surface area contributed by atoms with Crippen LogP contribution >= 0.6 is 11.8 Å². The minimum Gasteiger partial charge on any atom is -0.484 e. The van der Waals surface area contributed by atoms with Crippen LogP contribution in [0.4, 0.5) is 5.69 Å².